The lowest BCUT2D eigenvalue weighted by Gasteiger charge is -2.35. The van der Waals surface area contributed by atoms with Crippen molar-refractivity contribution in [2.24, 2.45) is 7.05 Å². The van der Waals surface area contributed by atoms with Crippen molar-refractivity contribution in [3.63, 3.8) is 0 Å². The lowest BCUT2D eigenvalue weighted by atomic mass is 10.1. The van der Waals surface area contributed by atoms with E-state index in [0.717, 1.165) is 35.6 Å². The average Bonchev–Trinajstić information content (AvgIpc) is 3.55. The summed E-state index contributed by atoms with van der Waals surface area (Å²) in [5.74, 6) is 0.823. The number of rotatable bonds is 5. The van der Waals surface area contributed by atoms with Crippen LogP contribution in [0, 0.1) is 5.82 Å². The molecule has 0 unspecified atom stereocenters. The molecule has 4 aromatic heterocycles. The highest BCUT2D eigenvalue weighted by atomic mass is 19.1. The number of anilines is 2. The van der Waals surface area contributed by atoms with Gasteiger partial charge in [0.1, 0.15) is 17.7 Å². The van der Waals surface area contributed by atoms with Crippen LogP contribution in [0.15, 0.2) is 67.6 Å². The number of aromatic nitrogens is 7. The second kappa shape index (κ2) is 8.84. The Balaban J connectivity index is 1.15. The minimum Gasteiger partial charge on any atom is -0.351 e. The Morgan fingerprint density at radius 2 is 1.56 bits per heavy atom. The largest absolute Gasteiger partial charge is 0.351 e. The summed E-state index contributed by atoms with van der Waals surface area (Å²) < 4.78 is 16.8. The normalized spacial score (nSPS) is 13.9. The Morgan fingerprint density at radius 3 is 2.25 bits per heavy atom. The molecule has 1 aliphatic heterocycles. The van der Waals surface area contributed by atoms with Crippen molar-refractivity contribution in [3.05, 3.63) is 84.6 Å². The Morgan fingerprint density at radius 1 is 0.833 bits per heavy atom. The van der Waals surface area contributed by atoms with Gasteiger partial charge >= 0.3 is 0 Å². The van der Waals surface area contributed by atoms with Gasteiger partial charge in [-0.15, -0.1) is 0 Å². The van der Waals surface area contributed by atoms with Gasteiger partial charge in [0.2, 0.25) is 5.95 Å². The first kappa shape index (κ1) is 21.8. The van der Waals surface area contributed by atoms with Crippen molar-refractivity contribution in [1.82, 2.24) is 34.3 Å². The van der Waals surface area contributed by atoms with Gasteiger partial charge in [-0.05, 0) is 30.3 Å². The van der Waals surface area contributed by atoms with Gasteiger partial charge in [-0.25, -0.2) is 23.9 Å². The van der Waals surface area contributed by atoms with Crippen LogP contribution in [0.25, 0.3) is 16.6 Å². The van der Waals surface area contributed by atoms with Gasteiger partial charge in [0, 0.05) is 74.7 Å². The molecule has 5 aromatic rings. The maximum absolute atomic E-state index is 13.1. The lowest BCUT2D eigenvalue weighted by Crippen LogP contribution is -2.47. The van der Waals surface area contributed by atoms with Crippen LogP contribution in [0.2, 0.25) is 0 Å². The van der Waals surface area contributed by atoms with E-state index < -0.39 is 0 Å². The van der Waals surface area contributed by atoms with Crippen LogP contribution in [-0.4, -0.2) is 66.3 Å². The highest BCUT2D eigenvalue weighted by molar-refractivity contribution is 6.08. The van der Waals surface area contributed by atoms with Crippen LogP contribution in [0.5, 0.6) is 0 Å². The molecule has 0 saturated carbocycles. The van der Waals surface area contributed by atoms with Gasteiger partial charge in [-0.1, -0.05) is 0 Å². The third-order valence-corrected chi connectivity index (χ3v) is 6.29. The SMILES string of the molecule is Cn1cc(-c2cc3c(N4CCN(c5ncc(C(=O)c6ccc(F)cc6)cn5)CC4)ncnn3c2)cn1. The summed E-state index contributed by atoms with van der Waals surface area (Å²) in [5, 5.41) is 8.63. The van der Waals surface area contributed by atoms with Crippen LogP contribution in [0.3, 0.4) is 0 Å². The number of fused-ring (bicyclic) bond motifs is 1. The number of hydrogen-bond donors (Lipinski definition) is 0. The maximum Gasteiger partial charge on any atom is 0.225 e. The summed E-state index contributed by atoms with van der Waals surface area (Å²) in [6.07, 6.45) is 10.4. The third kappa shape index (κ3) is 4.04. The molecule has 1 aliphatic rings. The number of halogens is 1. The van der Waals surface area contributed by atoms with Crippen LogP contribution in [0.4, 0.5) is 16.2 Å². The zero-order chi connectivity index (χ0) is 24.6. The summed E-state index contributed by atoms with van der Waals surface area (Å²) in [7, 11) is 1.89. The third-order valence-electron chi connectivity index (χ3n) is 6.29. The Hall–Kier alpha value is -4.67. The predicted octanol–water partition coefficient (Wildman–Crippen LogP) is 2.62. The van der Waals surface area contributed by atoms with E-state index in [2.05, 4.69) is 41.0 Å². The number of benzene rings is 1. The standard InChI is InChI=1S/C25H22FN9O/c1-32-14-20(13-30-32)18-10-22-24(29-16-31-35(22)15-18)33-6-8-34(9-7-33)25-27-11-19(12-28-25)23(36)17-2-4-21(26)5-3-17/h2-5,10-16H,6-9H2,1H3. The highest BCUT2D eigenvalue weighted by Crippen LogP contribution is 2.27. The van der Waals surface area contributed by atoms with Crippen LogP contribution in [-0.2, 0) is 7.05 Å². The van der Waals surface area contributed by atoms with Gasteiger partial charge in [0.05, 0.1) is 11.8 Å². The van der Waals surface area contributed by atoms with Gasteiger partial charge in [0.15, 0.2) is 11.6 Å². The summed E-state index contributed by atoms with van der Waals surface area (Å²) >= 11 is 0. The molecule has 1 aromatic carbocycles. The van der Waals surface area contributed by atoms with Crippen molar-refractivity contribution in [3.8, 4) is 11.1 Å². The molecule has 0 aliphatic carbocycles. The van der Waals surface area contributed by atoms with Crippen molar-refractivity contribution in [2.75, 3.05) is 36.0 Å². The monoisotopic (exact) mass is 483 g/mol. The zero-order valence-electron chi connectivity index (χ0n) is 19.5. The lowest BCUT2D eigenvalue weighted by molar-refractivity contribution is 0.103. The second-order valence-electron chi connectivity index (χ2n) is 8.63. The summed E-state index contributed by atoms with van der Waals surface area (Å²) in [6.45, 7) is 2.88. The fourth-order valence-corrected chi connectivity index (χ4v) is 4.38. The first-order valence-electron chi connectivity index (χ1n) is 11.5. The van der Waals surface area contributed by atoms with Gasteiger partial charge in [0.25, 0.3) is 0 Å². The van der Waals surface area contributed by atoms with E-state index in [1.54, 1.807) is 11.0 Å². The number of aryl methyl sites for hydroxylation is 1. The highest BCUT2D eigenvalue weighted by Gasteiger charge is 2.23. The van der Waals surface area contributed by atoms with E-state index in [1.807, 2.05) is 30.2 Å². The molecule has 5 heterocycles. The van der Waals surface area contributed by atoms with E-state index in [4.69, 9.17) is 0 Å². The first-order chi connectivity index (χ1) is 17.5. The summed E-state index contributed by atoms with van der Waals surface area (Å²) in [6, 6.07) is 7.53. The van der Waals surface area contributed by atoms with Gasteiger partial charge in [-0.2, -0.15) is 10.2 Å². The fourth-order valence-electron chi connectivity index (χ4n) is 4.38. The van der Waals surface area contributed by atoms with Crippen molar-refractivity contribution in [1.29, 1.82) is 0 Å². The molecule has 0 atom stereocenters. The number of carbonyl (C=O) groups is 1. The predicted molar refractivity (Wildman–Crippen MR) is 131 cm³/mol. The number of hydrogen-bond acceptors (Lipinski definition) is 8. The quantitative estimate of drug-likeness (QED) is 0.352. The van der Waals surface area contributed by atoms with Gasteiger partial charge < -0.3 is 9.80 Å². The smallest absolute Gasteiger partial charge is 0.225 e. The molecular formula is C25H22FN9O. The molecule has 0 bridgehead atoms. The van der Waals surface area contributed by atoms with Crippen LogP contribution in [0.1, 0.15) is 15.9 Å². The molecule has 36 heavy (non-hydrogen) atoms. The second-order valence-corrected chi connectivity index (χ2v) is 8.63. The number of nitrogens with zero attached hydrogens (tertiary/aromatic N) is 9. The van der Waals surface area contributed by atoms with Crippen molar-refractivity contribution < 1.29 is 9.18 Å². The molecule has 0 spiro atoms. The number of ketones is 1. The van der Waals surface area contributed by atoms with E-state index in [1.165, 1.54) is 36.7 Å². The molecule has 1 fully saturated rings. The fraction of sp³-hybridized carbons (Fsp3) is 0.200. The van der Waals surface area contributed by atoms with E-state index in [0.29, 0.717) is 30.2 Å². The molecule has 6 rings (SSSR count). The first-order valence-corrected chi connectivity index (χ1v) is 11.5. The summed E-state index contributed by atoms with van der Waals surface area (Å²) in [4.78, 5) is 30.3. The van der Waals surface area contributed by atoms with Crippen LogP contribution >= 0.6 is 0 Å². The molecule has 10 nitrogen and oxygen atoms in total. The Labute approximate surface area is 205 Å². The Bertz CT molecular complexity index is 1530. The number of piperazine rings is 1. The topological polar surface area (TPSA) is 97.3 Å². The minimum atomic E-state index is -0.383. The zero-order valence-corrected chi connectivity index (χ0v) is 19.5. The molecule has 11 heteroatoms. The molecule has 180 valence electrons. The molecule has 0 amide bonds. The molecule has 0 radical (unpaired) electrons. The average molecular weight is 484 g/mol. The Kier molecular flexibility index (Phi) is 5.36. The van der Waals surface area contributed by atoms with Crippen LogP contribution < -0.4 is 9.80 Å². The molecule has 0 N–H and O–H groups in total. The molecular weight excluding hydrogens is 461 g/mol. The van der Waals surface area contributed by atoms with Crippen molar-refractivity contribution >= 4 is 23.1 Å². The van der Waals surface area contributed by atoms with E-state index in [-0.39, 0.29) is 11.6 Å². The molecule has 1 saturated heterocycles. The van der Waals surface area contributed by atoms with Gasteiger partial charge in [-0.3, -0.25) is 9.48 Å². The van der Waals surface area contributed by atoms with Crippen molar-refractivity contribution in [2.45, 2.75) is 0 Å². The number of carbonyl (C=O) groups excluding carboxylic acids is 1. The van der Waals surface area contributed by atoms with E-state index in [9.17, 15) is 9.18 Å². The minimum absolute atomic E-state index is 0.239. The van der Waals surface area contributed by atoms with E-state index >= 15 is 0 Å². The maximum atomic E-state index is 13.1. The summed E-state index contributed by atoms with van der Waals surface area (Å²) in [5.41, 5.74) is 3.76.